The van der Waals surface area contributed by atoms with Crippen LogP contribution < -0.4 is 14.8 Å². The summed E-state index contributed by atoms with van der Waals surface area (Å²) < 4.78 is 16.5. The number of rotatable bonds is 3. The molecule has 0 fully saturated rings. The lowest BCUT2D eigenvalue weighted by molar-refractivity contribution is -0.143. The molecule has 18 heavy (non-hydrogen) atoms. The second kappa shape index (κ2) is 5.58. The molecule has 0 saturated heterocycles. The highest BCUT2D eigenvalue weighted by Crippen LogP contribution is 2.39. The van der Waals surface area contributed by atoms with Crippen molar-refractivity contribution in [3.63, 3.8) is 0 Å². The summed E-state index contributed by atoms with van der Waals surface area (Å²) in [6.07, 6.45) is 0. The molecule has 2 rings (SSSR count). The maximum atomic E-state index is 11.7. The Morgan fingerprint density at radius 2 is 2.17 bits per heavy atom. The van der Waals surface area contributed by atoms with Crippen LogP contribution in [0.3, 0.4) is 0 Å². The van der Waals surface area contributed by atoms with Gasteiger partial charge in [-0.2, -0.15) is 0 Å². The number of nitrogens with one attached hydrogen (secondary N) is 1. The first-order chi connectivity index (χ1) is 8.67. The number of halogens is 1. The fourth-order valence-electron chi connectivity index (χ4n) is 1.84. The van der Waals surface area contributed by atoms with Crippen molar-refractivity contribution in [3.05, 3.63) is 22.2 Å². The van der Waals surface area contributed by atoms with Gasteiger partial charge in [0, 0.05) is 0 Å². The van der Waals surface area contributed by atoms with Crippen molar-refractivity contribution in [2.75, 3.05) is 27.4 Å². The Kier molecular flexibility index (Phi) is 4.08. The first-order valence-electron chi connectivity index (χ1n) is 5.51. The van der Waals surface area contributed by atoms with Gasteiger partial charge in [-0.1, -0.05) is 0 Å². The van der Waals surface area contributed by atoms with Crippen LogP contribution in [-0.4, -0.2) is 33.3 Å². The van der Waals surface area contributed by atoms with Crippen LogP contribution in [0.25, 0.3) is 0 Å². The predicted molar refractivity (Wildman–Crippen MR) is 68.9 cm³/mol. The number of fused-ring (bicyclic) bond motifs is 1. The highest BCUT2D eigenvalue weighted by molar-refractivity contribution is 9.10. The molecule has 1 unspecified atom stereocenters. The van der Waals surface area contributed by atoms with Crippen molar-refractivity contribution in [1.29, 1.82) is 0 Å². The minimum Gasteiger partial charge on any atom is -0.486 e. The number of esters is 1. The minimum atomic E-state index is -0.526. The van der Waals surface area contributed by atoms with Crippen molar-refractivity contribution in [3.8, 4) is 11.5 Å². The maximum absolute atomic E-state index is 11.7. The van der Waals surface area contributed by atoms with Crippen LogP contribution in [0, 0.1) is 0 Å². The highest BCUT2D eigenvalue weighted by Gasteiger charge is 2.24. The van der Waals surface area contributed by atoms with E-state index in [0.717, 1.165) is 10.0 Å². The normalized spacial score (nSPS) is 15.1. The number of benzene rings is 1. The molecule has 0 radical (unpaired) electrons. The van der Waals surface area contributed by atoms with Gasteiger partial charge in [0.15, 0.2) is 11.5 Å². The van der Waals surface area contributed by atoms with E-state index in [1.54, 1.807) is 13.1 Å². The Hall–Kier alpha value is -1.27. The average Bonchev–Trinajstić information content (AvgIpc) is 2.39. The molecule has 6 heteroatoms. The Morgan fingerprint density at radius 3 is 2.83 bits per heavy atom. The molecular formula is C12H14BrNO4. The van der Waals surface area contributed by atoms with Gasteiger partial charge in [0.2, 0.25) is 0 Å². The zero-order valence-electron chi connectivity index (χ0n) is 10.2. The number of ether oxygens (including phenoxy) is 3. The molecule has 0 bridgehead atoms. The molecule has 1 aliphatic rings. The summed E-state index contributed by atoms with van der Waals surface area (Å²) in [6.45, 7) is 1.03. The van der Waals surface area contributed by atoms with E-state index < -0.39 is 6.04 Å². The third kappa shape index (κ3) is 2.44. The minimum absolute atomic E-state index is 0.346. The molecule has 0 aliphatic carbocycles. The fourth-order valence-corrected chi connectivity index (χ4v) is 2.41. The summed E-state index contributed by atoms with van der Waals surface area (Å²) in [7, 11) is 3.06. The number of carbonyl (C=O) groups is 1. The van der Waals surface area contributed by atoms with Gasteiger partial charge < -0.3 is 19.5 Å². The van der Waals surface area contributed by atoms with Crippen molar-refractivity contribution >= 4 is 21.9 Å². The Bertz CT molecular complexity index is 464. The van der Waals surface area contributed by atoms with Gasteiger partial charge >= 0.3 is 5.97 Å². The standard InChI is InChI=1S/C12H14BrNO4/c1-14-10(12(15)16-2)7-5-8(13)11-9(6-7)17-3-4-18-11/h5-6,10,14H,3-4H2,1-2H3. The van der Waals surface area contributed by atoms with Crippen LogP contribution in [0.2, 0.25) is 0 Å². The van der Waals surface area contributed by atoms with Crippen LogP contribution in [0.5, 0.6) is 11.5 Å². The maximum Gasteiger partial charge on any atom is 0.327 e. The van der Waals surface area contributed by atoms with Gasteiger partial charge in [-0.15, -0.1) is 0 Å². The molecule has 5 nitrogen and oxygen atoms in total. The fraction of sp³-hybridized carbons (Fsp3) is 0.417. The first kappa shape index (κ1) is 13.2. The molecule has 0 amide bonds. The number of methoxy groups -OCH3 is 1. The molecule has 1 aromatic rings. The van der Waals surface area contributed by atoms with E-state index in [9.17, 15) is 4.79 Å². The summed E-state index contributed by atoms with van der Waals surface area (Å²) in [6, 6.07) is 3.09. The first-order valence-corrected chi connectivity index (χ1v) is 6.30. The number of carbonyl (C=O) groups excluding carboxylic acids is 1. The third-order valence-corrected chi connectivity index (χ3v) is 3.27. The van der Waals surface area contributed by atoms with Crippen molar-refractivity contribution in [2.24, 2.45) is 0 Å². The Labute approximate surface area is 114 Å². The third-order valence-electron chi connectivity index (χ3n) is 2.68. The second-order valence-corrected chi connectivity index (χ2v) is 4.63. The number of likely N-dealkylation sites (N-methyl/N-ethyl adjacent to an activating group) is 1. The van der Waals surface area contributed by atoms with Crippen LogP contribution >= 0.6 is 15.9 Å². The predicted octanol–water partition coefficient (Wildman–Crippen LogP) is 1.65. The van der Waals surface area contributed by atoms with Crippen molar-refractivity contribution in [1.82, 2.24) is 5.32 Å². The molecule has 0 spiro atoms. The molecule has 1 aromatic carbocycles. The summed E-state index contributed by atoms with van der Waals surface area (Å²) in [5.41, 5.74) is 0.764. The molecule has 0 saturated carbocycles. The van der Waals surface area contributed by atoms with Gasteiger partial charge in [-0.3, -0.25) is 0 Å². The monoisotopic (exact) mass is 315 g/mol. The topological polar surface area (TPSA) is 56.8 Å². The smallest absolute Gasteiger partial charge is 0.327 e. The van der Waals surface area contributed by atoms with Gasteiger partial charge in [0.25, 0.3) is 0 Å². The van der Waals surface area contributed by atoms with Crippen LogP contribution in [0.15, 0.2) is 16.6 Å². The van der Waals surface area contributed by atoms with Crippen LogP contribution in [-0.2, 0) is 9.53 Å². The molecule has 1 atom stereocenters. The van der Waals surface area contributed by atoms with Crippen LogP contribution in [0.4, 0.5) is 0 Å². The van der Waals surface area contributed by atoms with Gasteiger partial charge in [0.05, 0.1) is 11.6 Å². The van der Waals surface area contributed by atoms with E-state index in [2.05, 4.69) is 21.2 Å². The summed E-state index contributed by atoms with van der Waals surface area (Å²) in [4.78, 5) is 11.7. The quantitative estimate of drug-likeness (QED) is 0.860. The van der Waals surface area contributed by atoms with E-state index >= 15 is 0 Å². The van der Waals surface area contributed by atoms with E-state index in [1.165, 1.54) is 7.11 Å². The zero-order chi connectivity index (χ0) is 13.1. The zero-order valence-corrected chi connectivity index (χ0v) is 11.7. The molecule has 1 N–H and O–H groups in total. The van der Waals surface area contributed by atoms with Crippen molar-refractivity contribution in [2.45, 2.75) is 6.04 Å². The lowest BCUT2D eigenvalue weighted by Gasteiger charge is -2.22. The number of hydrogen-bond acceptors (Lipinski definition) is 5. The molecular weight excluding hydrogens is 302 g/mol. The molecule has 98 valence electrons. The largest absolute Gasteiger partial charge is 0.486 e. The van der Waals surface area contributed by atoms with E-state index in [0.29, 0.717) is 24.7 Å². The van der Waals surface area contributed by atoms with Crippen LogP contribution in [0.1, 0.15) is 11.6 Å². The van der Waals surface area contributed by atoms with E-state index in [4.69, 9.17) is 14.2 Å². The Balaban J connectivity index is 2.39. The summed E-state index contributed by atoms with van der Waals surface area (Å²) >= 11 is 3.42. The van der Waals surface area contributed by atoms with Gasteiger partial charge in [-0.25, -0.2) is 4.79 Å². The average molecular weight is 316 g/mol. The molecule has 0 aromatic heterocycles. The molecule has 1 aliphatic heterocycles. The number of hydrogen-bond donors (Lipinski definition) is 1. The van der Waals surface area contributed by atoms with E-state index in [-0.39, 0.29) is 5.97 Å². The SMILES string of the molecule is CNC(C(=O)OC)c1cc(Br)c2c(c1)OCCO2. The second-order valence-electron chi connectivity index (χ2n) is 3.77. The highest BCUT2D eigenvalue weighted by atomic mass is 79.9. The summed E-state index contributed by atoms with van der Waals surface area (Å²) in [5, 5.41) is 2.91. The van der Waals surface area contributed by atoms with E-state index in [1.807, 2.05) is 6.07 Å². The van der Waals surface area contributed by atoms with Gasteiger partial charge in [-0.05, 0) is 40.7 Å². The lowest BCUT2D eigenvalue weighted by Crippen LogP contribution is -2.27. The lowest BCUT2D eigenvalue weighted by atomic mass is 10.1. The van der Waals surface area contributed by atoms with Gasteiger partial charge in [0.1, 0.15) is 19.3 Å². The summed E-state index contributed by atoms with van der Waals surface area (Å²) in [5.74, 6) is 0.959. The Morgan fingerprint density at radius 1 is 1.44 bits per heavy atom. The molecule has 1 heterocycles. The van der Waals surface area contributed by atoms with Crippen molar-refractivity contribution < 1.29 is 19.0 Å².